The van der Waals surface area contributed by atoms with E-state index in [2.05, 4.69) is 15.0 Å². The van der Waals surface area contributed by atoms with Crippen molar-refractivity contribution in [1.29, 1.82) is 0 Å². The van der Waals surface area contributed by atoms with Crippen molar-refractivity contribution in [3.63, 3.8) is 0 Å². The molecule has 9 heteroatoms. The van der Waals surface area contributed by atoms with Crippen LogP contribution in [0.5, 0.6) is 0 Å². The summed E-state index contributed by atoms with van der Waals surface area (Å²) in [4.78, 5) is 37.8. The van der Waals surface area contributed by atoms with Crippen LogP contribution < -0.4 is 5.56 Å². The standard InChI is InChI=1S/C30H40N4O5/c1-38-32-26(10-11-28(35)36)29-30(37)34(27-9-5-4-8-25(27)31-29)22-15-23-17-39-18-24(16-22)33(23)21-13-19-6-2-3-7-20(12-19)14-21/h4-5,8-9,19-24H,2-3,6-7,10-18H2,1H3,(H,35,36)/b32-26+/t19?,20?,21?,22?,23-,24+. The molecule has 3 heterocycles. The Balaban J connectivity index is 1.34. The van der Waals surface area contributed by atoms with Crippen molar-refractivity contribution >= 4 is 22.7 Å². The van der Waals surface area contributed by atoms with Crippen molar-refractivity contribution in [1.82, 2.24) is 14.5 Å². The number of para-hydroxylation sites is 2. The number of carboxylic acid groups (broad SMARTS) is 1. The quantitative estimate of drug-likeness (QED) is 0.414. The second-order valence-electron chi connectivity index (χ2n) is 12.0. The van der Waals surface area contributed by atoms with Crippen molar-refractivity contribution < 1.29 is 19.5 Å². The predicted molar refractivity (Wildman–Crippen MR) is 148 cm³/mol. The normalized spacial score (nSPS) is 31.6. The van der Waals surface area contributed by atoms with Crippen LogP contribution in [0.25, 0.3) is 11.0 Å². The Bertz CT molecular complexity index is 1260. The van der Waals surface area contributed by atoms with E-state index in [4.69, 9.17) is 9.57 Å². The highest BCUT2D eigenvalue weighted by Crippen LogP contribution is 2.44. The Hall–Kier alpha value is -2.78. The molecule has 2 aliphatic heterocycles. The molecular formula is C30H40N4O5. The second-order valence-corrected chi connectivity index (χ2v) is 12.0. The third-order valence-corrected chi connectivity index (χ3v) is 9.54. The summed E-state index contributed by atoms with van der Waals surface area (Å²) >= 11 is 0. The van der Waals surface area contributed by atoms with Crippen molar-refractivity contribution in [2.24, 2.45) is 17.0 Å². The van der Waals surface area contributed by atoms with Gasteiger partial charge < -0.3 is 19.2 Å². The first-order chi connectivity index (χ1) is 19.0. The van der Waals surface area contributed by atoms with Gasteiger partial charge in [-0.05, 0) is 56.1 Å². The Morgan fingerprint density at radius 2 is 1.69 bits per heavy atom. The van der Waals surface area contributed by atoms with E-state index >= 15 is 0 Å². The molecule has 1 N–H and O–H groups in total. The van der Waals surface area contributed by atoms with E-state index in [1.54, 1.807) is 0 Å². The van der Waals surface area contributed by atoms with Crippen LogP contribution in [-0.4, -0.2) is 69.7 Å². The number of hydrogen-bond acceptors (Lipinski definition) is 7. The van der Waals surface area contributed by atoms with Crippen LogP contribution in [0, 0.1) is 11.8 Å². The van der Waals surface area contributed by atoms with Crippen LogP contribution in [0.2, 0.25) is 0 Å². The molecular weight excluding hydrogens is 496 g/mol. The summed E-state index contributed by atoms with van der Waals surface area (Å²) in [6, 6.07) is 8.91. The summed E-state index contributed by atoms with van der Waals surface area (Å²) in [6.45, 7) is 1.41. The molecule has 2 saturated carbocycles. The van der Waals surface area contributed by atoms with Gasteiger partial charge >= 0.3 is 5.97 Å². The van der Waals surface area contributed by atoms with Crippen LogP contribution in [0.1, 0.15) is 82.4 Å². The van der Waals surface area contributed by atoms with E-state index in [1.807, 2.05) is 28.8 Å². The first-order valence-electron chi connectivity index (χ1n) is 14.7. The number of morpholine rings is 1. The van der Waals surface area contributed by atoms with Crippen LogP contribution in [0.4, 0.5) is 0 Å². The average Bonchev–Trinajstić information content (AvgIpc) is 3.09. The number of ether oxygens (including phenoxy) is 1. The maximum Gasteiger partial charge on any atom is 0.303 e. The first-order valence-corrected chi connectivity index (χ1v) is 14.7. The zero-order valence-corrected chi connectivity index (χ0v) is 22.8. The number of rotatable bonds is 7. The first kappa shape index (κ1) is 26.4. The van der Waals surface area contributed by atoms with E-state index in [0.29, 0.717) is 24.8 Å². The smallest absolute Gasteiger partial charge is 0.303 e. The molecule has 4 bridgehead atoms. The number of benzene rings is 1. The fourth-order valence-corrected chi connectivity index (χ4v) is 8.08. The molecule has 6 rings (SSSR count). The summed E-state index contributed by atoms with van der Waals surface area (Å²) in [5, 5.41) is 13.3. The van der Waals surface area contributed by atoms with E-state index < -0.39 is 5.97 Å². The van der Waals surface area contributed by atoms with Gasteiger partial charge in [0, 0.05) is 30.6 Å². The summed E-state index contributed by atoms with van der Waals surface area (Å²) in [5.74, 6) is 0.756. The number of fused-ring (bicyclic) bond motifs is 5. The fraction of sp³-hybridized carbons (Fsp3) is 0.667. The van der Waals surface area contributed by atoms with E-state index in [-0.39, 0.29) is 47.9 Å². The lowest BCUT2D eigenvalue weighted by molar-refractivity contribution is -0.136. The maximum absolute atomic E-state index is 14.1. The van der Waals surface area contributed by atoms with Gasteiger partial charge in [-0.2, -0.15) is 0 Å². The van der Waals surface area contributed by atoms with Crippen LogP contribution in [-0.2, 0) is 14.4 Å². The molecule has 4 aliphatic rings. The number of hydrogen-bond donors (Lipinski definition) is 1. The van der Waals surface area contributed by atoms with Crippen molar-refractivity contribution in [3.8, 4) is 0 Å². The summed E-state index contributed by atoms with van der Waals surface area (Å²) in [5.41, 5.74) is 1.73. The fourth-order valence-electron chi connectivity index (χ4n) is 8.08. The Kier molecular flexibility index (Phi) is 7.71. The predicted octanol–water partition coefficient (Wildman–Crippen LogP) is 4.38. The lowest BCUT2D eigenvalue weighted by Crippen LogP contribution is -2.62. The van der Waals surface area contributed by atoms with Crippen molar-refractivity contribution in [2.75, 3.05) is 20.3 Å². The zero-order valence-electron chi connectivity index (χ0n) is 22.8. The molecule has 2 aromatic rings. The third-order valence-electron chi connectivity index (χ3n) is 9.54. The number of aromatic nitrogens is 2. The lowest BCUT2D eigenvalue weighted by Gasteiger charge is -2.54. The molecule has 9 nitrogen and oxygen atoms in total. The van der Waals surface area contributed by atoms with Crippen molar-refractivity contribution in [2.45, 2.75) is 94.8 Å². The van der Waals surface area contributed by atoms with Gasteiger partial charge in [0.15, 0.2) is 5.69 Å². The minimum absolute atomic E-state index is 0.00781. The number of piperidine rings is 1. The summed E-state index contributed by atoms with van der Waals surface area (Å²) < 4.78 is 8.00. The number of nitrogens with zero attached hydrogens (tertiary/aromatic N) is 4. The molecule has 0 radical (unpaired) electrons. The Morgan fingerprint density at radius 3 is 2.36 bits per heavy atom. The SMILES string of the molecule is CO/N=C(\CCC(=O)O)c1nc2ccccc2n(C2C[C@H]3COC[C@@H](C2)N3C2CC3CCCCC(C3)C2)c1=O. The molecule has 2 aliphatic carbocycles. The van der Waals surface area contributed by atoms with Crippen LogP contribution >= 0.6 is 0 Å². The molecule has 3 unspecified atom stereocenters. The van der Waals surface area contributed by atoms with Gasteiger partial charge in [-0.25, -0.2) is 4.98 Å². The van der Waals surface area contributed by atoms with Gasteiger partial charge in [0.2, 0.25) is 0 Å². The lowest BCUT2D eigenvalue weighted by atomic mass is 9.75. The minimum atomic E-state index is -0.956. The highest BCUT2D eigenvalue weighted by Gasteiger charge is 2.45. The number of oxime groups is 1. The van der Waals surface area contributed by atoms with Crippen molar-refractivity contribution in [3.05, 3.63) is 40.3 Å². The summed E-state index contributed by atoms with van der Waals surface area (Å²) in [6.07, 6.45) is 11.2. The maximum atomic E-state index is 14.1. The van der Waals surface area contributed by atoms with Gasteiger partial charge in [-0.1, -0.05) is 43.0 Å². The van der Waals surface area contributed by atoms with Gasteiger partial charge in [0.1, 0.15) is 12.8 Å². The molecule has 2 saturated heterocycles. The summed E-state index contributed by atoms with van der Waals surface area (Å²) in [7, 11) is 1.40. The third kappa shape index (κ3) is 5.35. The molecule has 1 aromatic carbocycles. The number of aliphatic carboxylic acids is 1. The molecule has 5 atom stereocenters. The number of carbonyl (C=O) groups is 1. The van der Waals surface area contributed by atoms with E-state index in [1.165, 1.54) is 52.1 Å². The van der Waals surface area contributed by atoms with E-state index in [0.717, 1.165) is 30.2 Å². The second kappa shape index (κ2) is 11.4. The largest absolute Gasteiger partial charge is 0.481 e. The highest BCUT2D eigenvalue weighted by molar-refractivity contribution is 6.00. The van der Waals surface area contributed by atoms with E-state index in [9.17, 15) is 14.7 Å². The molecule has 0 spiro atoms. The molecule has 1 aromatic heterocycles. The molecule has 0 amide bonds. The van der Waals surface area contributed by atoms with Crippen LogP contribution in [0.15, 0.2) is 34.2 Å². The van der Waals surface area contributed by atoms with Gasteiger partial charge in [0.05, 0.1) is 30.7 Å². The van der Waals surface area contributed by atoms with Crippen LogP contribution in [0.3, 0.4) is 0 Å². The molecule has 4 fully saturated rings. The topological polar surface area (TPSA) is 106 Å². The monoisotopic (exact) mass is 536 g/mol. The average molecular weight is 537 g/mol. The minimum Gasteiger partial charge on any atom is -0.481 e. The number of carboxylic acids is 1. The molecule has 39 heavy (non-hydrogen) atoms. The zero-order chi connectivity index (χ0) is 26.9. The van der Waals surface area contributed by atoms with Gasteiger partial charge in [-0.3, -0.25) is 14.5 Å². The molecule has 210 valence electrons. The Morgan fingerprint density at radius 1 is 1.00 bits per heavy atom. The Labute approximate surface area is 229 Å². The van der Waals surface area contributed by atoms with Gasteiger partial charge in [0.25, 0.3) is 5.56 Å². The highest BCUT2D eigenvalue weighted by atomic mass is 16.6. The van der Waals surface area contributed by atoms with Gasteiger partial charge in [-0.15, -0.1) is 0 Å².